The van der Waals surface area contributed by atoms with Crippen LogP contribution < -0.4 is 0 Å². The van der Waals surface area contributed by atoms with Crippen LogP contribution in [0.4, 0.5) is 0 Å². The van der Waals surface area contributed by atoms with Gasteiger partial charge in [0.1, 0.15) is 5.25 Å². The van der Waals surface area contributed by atoms with Crippen molar-refractivity contribution in [3.8, 4) is 0 Å². The van der Waals surface area contributed by atoms with E-state index in [2.05, 4.69) is 0 Å². The number of carbonyl (C=O) groups excluding carboxylic acids is 1. The smallest absolute Gasteiger partial charge is 0.241 e. The molecule has 3 atom stereocenters. The lowest BCUT2D eigenvalue weighted by molar-refractivity contribution is -0.143. The van der Waals surface area contributed by atoms with Crippen LogP contribution in [-0.4, -0.2) is 48.3 Å². The topological polar surface area (TPSA) is 74.7 Å². The number of benzene rings is 1. The minimum atomic E-state index is -3.75. The second-order valence-corrected chi connectivity index (χ2v) is 7.87. The van der Waals surface area contributed by atoms with Gasteiger partial charge in [-0.1, -0.05) is 18.2 Å². The van der Waals surface area contributed by atoms with Gasteiger partial charge < -0.3 is 10.0 Å². The average molecular weight is 309 g/mol. The standard InChI is InChI=1S/C15H19NO4S/c17-13-10-14(15(18)16-9-5-4-8-12(13)16)21(19,20)11-6-2-1-3-7-11/h1-3,6-7,12-14,17H,4-5,8-10H2/t12-,13+,14-/m0/s1. The Hall–Kier alpha value is -1.40. The van der Waals surface area contributed by atoms with Crippen molar-refractivity contribution in [3.63, 3.8) is 0 Å². The summed E-state index contributed by atoms with van der Waals surface area (Å²) in [6, 6.07) is 7.79. The molecular weight excluding hydrogens is 290 g/mol. The third-order valence-electron chi connectivity index (χ3n) is 4.45. The molecule has 0 bridgehead atoms. The van der Waals surface area contributed by atoms with Gasteiger partial charge in [0.05, 0.1) is 17.0 Å². The molecule has 0 aromatic heterocycles. The van der Waals surface area contributed by atoms with Crippen molar-refractivity contribution in [2.24, 2.45) is 0 Å². The minimum absolute atomic E-state index is 0.00275. The van der Waals surface area contributed by atoms with E-state index >= 15 is 0 Å². The normalized spacial score (nSPS) is 30.0. The minimum Gasteiger partial charge on any atom is -0.391 e. The highest BCUT2D eigenvalue weighted by atomic mass is 32.2. The second kappa shape index (κ2) is 5.42. The van der Waals surface area contributed by atoms with Gasteiger partial charge in [0.15, 0.2) is 9.84 Å². The number of aliphatic hydroxyl groups is 1. The predicted octanol–water partition coefficient (Wildman–Crippen LogP) is 0.975. The van der Waals surface area contributed by atoms with Gasteiger partial charge in [0.25, 0.3) is 0 Å². The number of carbonyl (C=O) groups is 1. The number of hydrogen-bond acceptors (Lipinski definition) is 4. The first-order valence-corrected chi connectivity index (χ1v) is 8.84. The Morgan fingerprint density at radius 1 is 1.14 bits per heavy atom. The van der Waals surface area contributed by atoms with Crippen molar-refractivity contribution < 1.29 is 18.3 Å². The SMILES string of the molecule is O=C1[C@@H](S(=O)(=O)c2ccccc2)C[C@@H](O)[C@@H]2CCCCN12. The maximum Gasteiger partial charge on any atom is 0.241 e. The lowest BCUT2D eigenvalue weighted by Crippen LogP contribution is -2.60. The van der Waals surface area contributed by atoms with E-state index in [4.69, 9.17) is 0 Å². The van der Waals surface area contributed by atoms with Crippen LogP contribution in [0.3, 0.4) is 0 Å². The number of nitrogens with zero attached hydrogens (tertiary/aromatic N) is 1. The van der Waals surface area contributed by atoms with Gasteiger partial charge in [0.2, 0.25) is 5.91 Å². The van der Waals surface area contributed by atoms with Crippen molar-refractivity contribution in [2.75, 3.05) is 6.54 Å². The molecule has 5 nitrogen and oxygen atoms in total. The van der Waals surface area contributed by atoms with Crippen LogP contribution in [0.2, 0.25) is 0 Å². The molecule has 1 aromatic rings. The van der Waals surface area contributed by atoms with Crippen molar-refractivity contribution in [1.29, 1.82) is 0 Å². The molecule has 2 aliphatic heterocycles. The molecule has 6 heteroatoms. The second-order valence-electron chi connectivity index (χ2n) is 5.74. The molecule has 2 aliphatic rings. The summed E-state index contributed by atoms with van der Waals surface area (Å²) in [5, 5.41) is 9.08. The molecule has 0 radical (unpaired) electrons. The first-order valence-electron chi connectivity index (χ1n) is 7.29. The number of sulfone groups is 1. The van der Waals surface area contributed by atoms with Crippen molar-refractivity contribution in [1.82, 2.24) is 4.90 Å². The van der Waals surface area contributed by atoms with E-state index in [-0.39, 0.29) is 23.3 Å². The molecule has 1 N–H and O–H groups in total. The number of rotatable bonds is 2. The van der Waals surface area contributed by atoms with Crippen LogP contribution in [0.25, 0.3) is 0 Å². The van der Waals surface area contributed by atoms with Gasteiger partial charge in [-0.25, -0.2) is 8.42 Å². The summed E-state index contributed by atoms with van der Waals surface area (Å²) in [4.78, 5) is 14.3. The monoisotopic (exact) mass is 309 g/mol. The molecule has 2 fully saturated rings. The molecule has 0 unspecified atom stereocenters. The largest absolute Gasteiger partial charge is 0.391 e. The summed E-state index contributed by atoms with van der Waals surface area (Å²) < 4.78 is 25.3. The molecule has 21 heavy (non-hydrogen) atoms. The number of piperidine rings is 2. The zero-order chi connectivity index (χ0) is 15.0. The highest BCUT2D eigenvalue weighted by Gasteiger charge is 2.47. The third kappa shape index (κ3) is 2.46. The summed E-state index contributed by atoms with van der Waals surface area (Å²) >= 11 is 0. The molecular formula is C15H19NO4S. The van der Waals surface area contributed by atoms with E-state index in [0.29, 0.717) is 6.54 Å². The molecule has 1 aromatic carbocycles. The number of fused-ring (bicyclic) bond motifs is 1. The Bertz CT molecular complexity index is 628. The Labute approximate surface area is 124 Å². The first kappa shape index (κ1) is 14.5. The number of hydrogen-bond donors (Lipinski definition) is 1. The summed E-state index contributed by atoms with van der Waals surface area (Å²) in [6.07, 6.45) is 1.84. The van der Waals surface area contributed by atoms with Crippen LogP contribution >= 0.6 is 0 Å². The van der Waals surface area contributed by atoms with E-state index in [1.807, 2.05) is 0 Å². The Morgan fingerprint density at radius 2 is 1.86 bits per heavy atom. The third-order valence-corrected chi connectivity index (χ3v) is 6.53. The van der Waals surface area contributed by atoms with Crippen LogP contribution in [-0.2, 0) is 14.6 Å². The zero-order valence-corrected chi connectivity index (χ0v) is 12.5. The molecule has 0 spiro atoms. The van der Waals surface area contributed by atoms with E-state index < -0.39 is 21.2 Å². The fraction of sp³-hybridized carbons (Fsp3) is 0.533. The summed E-state index contributed by atoms with van der Waals surface area (Å²) in [6.45, 7) is 0.543. The fourth-order valence-electron chi connectivity index (χ4n) is 3.33. The van der Waals surface area contributed by atoms with Crippen molar-refractivity contribution >= 4 is 15.7 Å². The lowest BCUT2D eigenvalue weighted by atomic mass is 9.90. The maximum atomic E-state index is 12.7. The number of amides is 1. The van der Waals surface area contributed by atoms with Gasteiger partial charge >= 0.3 is 0 Å². The van der Waals surface area contributed by atoms with Crippen molar-refractivity contribution in [2.45, 2.75) is 48.0 Å². The van der Waals surface area contributed by atoms with Crippen LogP contribution in [0.15, 0.2) is 35.2 Å². The molecule has 0 saturated carbocycles. The zero-order valence-electron chi connectivity index (χ0n) is 11.7. The summed E-state index contributed by atoms with van der Waals surface area (Å²) in [5.41, 5.74) is 0. The highest BCUT2D eigenvalue weighted by Crippen LogP contribution is 2.32. The maximum absolute atomic E-state index is 12.7. The summed E-state index contributed by atoms with van der Waals surface area (Å²) in [5.74, 6) is -0.353. The van der Waals surface area contributed by atoms with Gasteiger partial charge in [-0.2, -0.15) is 0 Å². The highest BCUT2D eigenvalue weighted by molar-refractivity contribution is 7.92. The van der Waals surface area contributed by atoms with Gasteiger partial charge in [-0.15, -0.1) is 0 Å². The van der Waals surface area contributed by atoms with E-state index in [1.54, 1.807) is 23.1 Å². The molecule has 3 rings (SSSR count). The molecule has 1 amide bonds. The Morgan fingerprint density at radius 3 is 2.57 bits per heavy atom. The average Bonchev–Trinajstić information content (AvgIpc) is 2.51. The lowest BCUT2D eigenvalue weighted by Gasteiger charge is -2.44. The molecule has 2 saturated heterocycles. The van der Waals surface area contributed by atoms with Crippen molar-refractivity contribution in [3.05, 3.63) is 30.3 Å². The summed E-state index contributed by atoms with van der Waals surface area (Å²) in [7, 11) is -3.75. The van der Waals surface area contributed by atoms with E-state index in [9.17, 15) is 18.3 Å². The molecule has 2 heterocycles. The van der Waals surface area contributed by atoms with E-state index in [0.717, 1.165) is 19.3 Å². The van der Waals surface area contributed by atoms with Crippen LogP contribution in [0.5, 0.6) is 0 Å². The first-order chi connectivity index (χ1) is 10.0. The van der Waals surface area contributed by atoms with Gasteiger partial charge in [0, 0.05) is 13.0 Å². The van der Waals surface area contributed by atoms with Crippen LogP contribution in [0, 0.1) is 0 Å². The molecule has 0 aliphatic carbocycles. The quantitative estimate of drug-likeness (QED) is 0.883. The fourth-order valence-corrected chi connectivity index (χ4v) is 5.04. The predicted molar refractivity (Wildman–Crippen MR) is 77.4 cm³/mol. The Balaban J connectivity index is 1.94. The van der Waals surface area contributed by atoms with Crippen LogP contribution in [0.1, 0.15) is 25.7 Å². The van der Waals surface area contributed by atoms with Gasteiger partial charge in [-0.05, 0) is 31.4 Å². The molecule has 114 valence electrons. The van der Waals surface area contributed by atoms with Gasteiger partial charge in [-0.3, -0.25) is 4.79 Å². The Kier molecular flexibility index (Phi) is 3.75. The van der Waals surface area contributed by atoms with E-state index in [1.165, 1.54) is 12.1 Å². The number of aliphatic hydroxyl groups excluding tert-OH is 1.